The molecule has 1 spiro atoms. The lowest BCUT2D eigenvalue weighted by atomic mass is 9.67. The number of rotatable bonds is 5. The van der Waals surface area contributed by atoms with Crippen LogP contribution in [0.3, 0.4) is 0 Å². The molecule has 3 heterocycles. The van der Waals surface area contributed by atoms with Crippen molar-refractivity contribution in [2.24, 2.45) is 0 Å². The van der Waals surface area contributed by atoms with Gasteiger partial charge in [0.1, 0.15) is 0 Å². The standard InChI is InChI=1S/C59H36N4S/c1-4-17-38(18-5-1)55-44-35-36-48-54(52(44)43-23-10-13-28-49(43)60-55)53-42(24-16-27-47(53)59(48)45-25-11-14-29-50(45)64-51-30-15-12-26-46(51)59)37-31-33-41(34-32-37)58-62-56(39-19-6-2-7-20-39)61-57(63-58)40-21-8-3-9-22-40/h1-36H. The minimum Gasteiger partial charge on any atom is -0.247 e. The van der Waals surface area contributed by atoms with E-state index in [9.17, 15) is 0 Å². The summed E-state index contributed by atoms with van der Waals surface area (Å²) in [7, 11) is 0. The Hall–Kier alpha value is -7.99. The van der Waals surface area contributed by atoms with Crippen LogP contribution in [0.2, 0.25) is 0 Å². The van der Waals surface area contributed by atoms with E-state index in [4.69, 9.17) is 19.9 Å². The molecule has 0 fully saturated rings. The molecule has 4 nitrogen and oxygen atoms in total. The van der Waals surface area contributed by atoms with Crippen molar-refractivity contribution in [3.8, 4) is 67.7 Å². The molecule has 0 unspecified atom stereocenters. The number of para-hydroxylation sites is 1. The first-order chi connectivity index (χ1) is 31.7. The monoisotopic (exact) mass is 832 g/mol. The van der Waals surface area contributed by atoms with E-state index in [0.29, 0.717) is 17.5 Å². The maximum absolute atomic E-state index is 5.38. The largest absolute Gasteiger partial charge is 0.247 e. The Bertz CT molecular complexity index is 3520. The van der Waals surface area contributed by atoms with E-state index in [2.05, 4.69) is 158 Å². The van der Waals surface area contributed by atoms with Gasteiger partial charge in [-0.1, -0.05) is 212 Å². The second-order valence-electron chi connectivity index (χ2n) is 16.4. The van der Waals surface area contributed by atoms with Crippen LogP contribution in [-0.4, -0.2) is 19.9 Å². The SMILES string of the molecule is c1ccc(-c2nc(-c3ccccc3)nc(-c3ccc(-c4cccc5c4-c4c(ccc6c(-c7ccccc7)nc7ccccc7c46)C54c5ccccc5Sc5ccccc54)cc3)n2)cc1. The number of aromatic nitrogens is 4. The second kappa shape index (κ2) is 14.6. The Morgan fingerprint density at radius 3 is 1.42 bits per heavy atom. The smallest absolute Gasteiger partial charge is 0.164 e. The zero-order valence-corrected chi connectivity index (χ0v) is 35.3. The third-order valence-electron chi connectivity index (χ3n) is 13.0. The molecular weight excluding hydrogens is 797 g/mol. The average Bonchev–Trinajstić information content (AvgIpc) is 3.67. The van der Waals surface area contributed by atoms with Gasteiger partial charge < -0.3 is 0 Å². The summed E-state index contributed by atoms with van der Waals surface area (Å²) in [5.41, 5.74) is 15.3. The van der Waals surface area contributed by atoms with Gasteiger partial charge in [-0.15, -0.1) is 0 Å². The minimum atomic E-state index is -0.558. The fraction of sp³-hybridized carbons (Fsp3) is 0.0169. The quantitative estimate of drug-likeness (QED) is 0.162. The molecule has 5 heteroatoms. The summed E-state index contributed by atoms with van der Waals surface area (Å²) in [5, 5.41) is 3.51. The first-order valence-electron chi connectivity index (χ1n) is 21.6. The van der Waals surface area contributed by atoms with Gasteiger partial charge in [-0.25, -0.2) is 19.9 Å². The molecular formula is C59H36N4S. The fourth-order valence-corrected chi connectivity index (χ4v) is 11.5. The Labute approximate surface area is 375 Å². The number of hydrogen-bond acceptors (Lipinski definition) is 5. The summed E-state index contributed by atoms with van der Waals surface area (Å²) in [6.07, 6.45) is 0. The van der Waals surface area contributed by atoms with Crippen molar-refractivity contribution in [3.63, 3.8) is 0 Å². The maximum atomic E-state index is 5.38. The van der Waals surface area contributed by atoms with E-state index in [0.717, 1.165) is 49.8 Å². The lowest BCUT2D eigenvalue weighted by molar-refractivity contribution is 0.723. The van der Waals surface area contributed by atoms with Crippen LogP contribution in [0, 0.1) is 0 Å². The molecule has 13 rings (SSSR count). The highest BCUT2D eigenvalue weighted by atomic mass is 32.2. The van der Waals surface area contributed by atoms with Gasteiger partial charge in [-0.2, -0.15) is 0 Å². The van der Waals surface area contributed by atoms with Crippen LogP contribution in [0.5, 0.6) is 0 Å². The van der Waals surface area contributed by atoms with Crippen molar-refractivity contribution in [3.05, 3.63) is 241 Å². The molecule has 0 amide bonds. The summed E-state index contributed by atoms with van der Waals surface area (Å²) in [4.78, 5) is 23.0. The topological polar surface area (TPSA) is 51.6 Å². The third-order valence-corrected chi connectivity index (χ3v) is 14.1. The van der Waals surface area contributed by atoms with Gasteiger partial charge in [0.2, 0.25) is 0 Å². The van der Waals surface area contributed by atoms with Gasteiger partial charge in [-0.3, -0.25) is 0 Å². The minimum absolute atomic E-state index is 0.558. The van der Waals surface area contributed by atoms with Gasteiger partial charge in [-0.05, 0) is 62.7 Å². The van der Waals surface area contributed by atoms with Crippen LogP contribution >= 0.6 is 11.8 Å². The van der Waals surface area contributed by atoms with Crippen LogP contribution < -0.4 is 0 Å². The molecule has 298 valence electrons. The summed E-state index contributed by atoms with van der Waals surface area (Å²) < 4.78 is 0. The molecule has 1 aliphatic heterocycles. The van der Waals surface area contributed by atoms with Gasteiger partial charge in [0.25, 0.3) is 0 Å². The van der Waals surface area contributed by atoms with Gasteiger partial charge in [0, 0.05) is 48.2 Å². The predicted octanol–water partition coefficient (Wildman–Crippen LogP) is 14.7. The van der Waals surface area contributed by atoms with E-state index in [1.54, 1.807) is 0 Å². The molecule has 64 heavy (non-hydrogen) atoms. The average molecular weight is 833 g/mol. The summed E-state index contributed by atoms with van der Waals surface area (Å²) in [6, 6.07) is 78.1. The third kappa shape index (κ3) is 5.51. The molecule has 0 atom stereocenters. The van der Waals surface area contributed by atoms with E-state index in [1.165, 1.54) is 54.1 Å². The number of pyridine rings is 1. The Balaban J connectivity index is 1.09. The number of fused-ring (bicyclic) bond motifs is 13. The van der Waals surface area contributed by atoms with Crippen molar-refractivity contribution in [2.45, 2.75) is 15.2 Å². The molecule has 9 aromatic carbocycles. The molecule has 0 saturated heterocycles. The Morgan fingerprint density at radius 1 is 0.312 bits per heavy atom. The second-order valence-corrected chi connectivity index (χ2v) is 17.5. The summed E-state index contributed by atoms with van der Waals surface area (Å²) >= 11 is 1.87. The van der Waals surface area contributed by atoms with Gasteiger partial charge >= 0.3 is 0 Å². The highest BCUT2D eigenvalue weighted by Gasteiger charge is 2.51. The first kappa shape index (κ1) is 36.6. The van der Waals surface area contributed by atoms with E-state index in [1.807, 2.05) is 72.4 Å². The molecule has 0 saturated carbocycles. The molecule has 0 radical (unpaired) electrons. The number of nitrogens with zero attached hydrogens (tertiary/aromatic N) is 4. The highest BCUT2D eigenvalue weighted by molar-refractivity contribution is 7.99. The first-order valence-corrected chi connectivity index (χ1v) is 22.5. The van der Waals surface area contributed by atoms with Crippen LogP contribution in [0.4, 0.5) is 0 Å². The molecule has 0 N–H and O–H groups in total. The van der Waals surface area contributed by atoms with Gasteiger partial charge in [0.15, 0.2) is 17.5 Å². The van der Waals surface area contributed by atoms with Crippen LogP contribution in [-0.2, 0) is 5.41 Å². The van der Waals surface area contributed by atoms with Crippen molar-refractivity contribution in [1.29, 1.82) is 0 Å². The van der Waals surface area contributed by atoms with Crippen LogP contribution in [0.15, 0.2) is 228 Å². The van der Waals surface area contributed by atoms with E-state index < -0.39 is 5.41 Å². The fourth-order valence-electron chi connectivity index (χ4n) is 10.3. The lowest BCUT2D eigenvalue weighted by Gasteiger charge is -2.39. The van der Waals surface area contributed by atoms with Crippen molar-refractivity contribution >= 4 is 33.4 Å². The molecule has 2 aromatic heterocycles. The molecule has 1 aliphatic carbocycles. The van der Waals surface area contributed by atoms with Crippen LogP contribution in [0.25, 0.3) is 89.4 Å². The number of hydrogen-bond donors (Lipinski definition) is 0. The van der Waals surface area contributed by atoms with E-state index in [-0.39, 0.29) is 0 Å². The predicted molar refractivity (Wildman–Crippen MR) is 261 cm³/mol. The van der Waals surface area contributed by atoms with Crippen LogP contribution in [0.1, 0.15) is 22.3 Å². The van der Waals surface area contributed by atoms with Crippen molar-refractivity contribution in [2.75, 3.05) is 0 Å². The highest BCUT2D eigenvalue weighted by Crippen LogP contribution is 2.65. The number of benzene rings is 9. The van der Waals surface area contributed by atoms with Gasteiger partial charge in [0.05, 0.1) is 16.6 Å². The maximum Gasteiger partial charge on any atom is 0.164 e. The normalized spacial score (nSPS) is 13.1. The Kier molecular flexibility index (Phi) is 8.33. The molecule has 11 aromatic rings. The van der Waals surface area contributed by atoms with E-state index >= 15 is 0 Å². The van der Waals surface area contributed by atoms with Crippen molar-refractivity contribution in [1.82, 2.24) is 19.9 Å². The summed E-state index contributed by atoms with van der Waals surface area (Å²) in [6.45, 7) is 0. The summed E-state index contributed by atoms with van der Waals surface area (Å²) in [5.74, 6) is 1.92. The zero-order chi connectivity index (χ0) is 42.2. The molecule has 0 bridgehead atoms. The molecule has 2 aliphatic rings. The van der Waals surface area contributed by atoms with Crippen molar-refractivity contribution < 1.29 is 0 Å². The Morgan fingerprint density at radius 2 is 0.797 bits per heavy atom. The zero-order valence-electron chi connectivity index (χ0n) is 34.5. The lowest BCUT2D eigenvalue weighted by Crippen LogP contribution is -2.31.